The van der Waals surface area contributed by atoms with Gasteiger partial charge in [0.15, 0.2) is 0 Å². The lowest BCUT2D eigenvalue weighted by Crippen LogP contribution is -2.20. The molecule has 0 spiro atoms. The van der Waals surface area contributed by atoms with Crippen molar-refractivity contribution in [3.05, 3.63) is 70.6 Å². The van der Waals surface area contributed by atoms with Crippen LogP contribution in [-0.4, -0.2) is 17.0 Å². The lowest BCUT2D eigenvalue weighted by Gasteiger charge is -2.18. The molecular weight excluding hydrogens is 326 g/mol. The molecule has 2 heterocycles. The normalized spacial score (nSPS) is 12.5. The summed E-state index contributed by atoms with van der Waals surface area (Å²) in [5.41, 5.74) is 3.30. The van der Waals surface area contributed by atoms with Gasteiger partial charge in [0.2, 0.25) is 0 Å². The van der Waals surface area contributed by atoms with E-state index in [9.17, 15) is 0 Å². The highest BCUT2D eigenvalue weighted by Gasteiger charge is 2.16. The number of nitrogens with zero attached hydrogens (tertiary/aromatic N) is 2. The fourth-order valence-corrected chi connectivity index (χ4v) is 3.05. The minimum absolute atomic E-state index is 0.159. The standard InChI is InChI=1S/C17H16BrN3/c1-19-16(10-12-6-8-20-9-7-12)17-14(18)11-13-4-2-3-5-15(13)21-17/h2-9,11,16,19H,10H2,1H3. The zero-order valence-corrected chi connectivity index (χ0v) is 13.3. The van der Waals surface area contributed by atoms with Gasteiger partial charge in [0, 0.05) is 22.3 Å². The summed E-state index contributed by atoms with van der Waals surface area (Å²) in [6, 6.07) is 14.5. The van der Waals surface area contributed by atoms with Crippen molar-refractivity contribution in [1.82, 2.24) is 15.3 Å². The summed E-state index contributed by atoms with van der Waals surface area (Å²) < 4.78 is 1.04. The van der Waals surface area contributed by atoms with E-state index >= 15 is 0 Å². The van der Waals surface area contributed by atoms with E-state index in [1.807, 2.05) is 49.8 Å². The number of fused-ring (bicyclic) bond motifs is 1. The van der Waals surface area contributed by atoms with Gasteiger partial charge in [0.25, 0.3) is 0 Å². The van der Waals surface area contributed by atoms with Crippen molar-refractivity contribution in [2.24, 2.45) is 0 Å². The van der Waals surface area contributed by atoms with Crippen LogP contribution in [0.3, 0.4) is 0 Å². The summed E-state index contributed by atoms with van der Waals surface area (Å²) >= 11 is 3.66. The first-order valence-electron chi connectivity index (χ1n) is 6.89. The number of halogens is 1. The number of pyridine rings is 2. The zero-order chi connectivity index (χ0) is 14.7. The molecule has 3 nitrogen and oxygen atoms in total. The minimum atomic E-state index is 0.159. The fraction of sp³-hybridized carbons (Fsp3) is 0.176. The minimum Gasteiger partial charge on any atom is -0.311 e. The molecule has 106 valence electrons. The Hall–Kier alpha value is -1.78. The molecule has 1 N–H and O–H groups in total. The van der Waals surface area contributed by atoms with Gasteiger partial charge in [-0.25, -0.2) is 4.98 Å². The number of rotatable bonds is 4. The lowest BCUT2D eigenvalue weighted by molar-refractivity contribution is 0.575. The van der Waals surface area contributed by atoms with Crippen LogP contribution in [0.5, 0.6) is 0 Å². The lowest BCUT2D eigenvalue weighted by atomic mass is 10.0. The largest absolute Gasteiger partial charge is 0.311 e. The monoisotopic (exact) mass is 341 g/mol. The van der Waals surface area contributed by atoms with E-state index in [1.165, 1.54) is 5.56 Å². The molecule has 0 bridgehead atoms. The molecule has 0 amide bonds. The molecule has 3 rings (SSSR count). The van der Waals surface area contributed by atoms with Gasteiger partial charge in [0.05, 0.1) is 17.3 Å². The maximum Gasteiger partial charge on any atom is 0.0725 e. The van der Waals surface area contributed by atoms with Crippen molar-refractivity contribution >= 4 is 26.8 Å². The number of aromatic nitrogens is 2. The SMILES string of the molecule is CNC(Cc1ccncc1)c1nc2ccccc2cc1Br. The number of hydrogen-bond acceptors (Lipinski definition) is 3. The summed E-state index contributed by atoms with van der Waals surface area (Å²) in [5.74, 6) is 0. The van der Waals surface area contributed by atoms with Gasteiger partial charge >= 0.3 is 0 Å². The Morgan fingerprint density at radius 3 is 2.67 bits per heavy atom. The van der Waals surface area contributed by atoms with Crippen LogP contribution in [0.2, 0.25) is 0 Å². The molecule has 1 aromatic carbocycles. The summed E-state index contributed by atoms with van der Waals surface area (Å²) in [7, 11) is 1.97. The van der Waals surface area contributed by atoms with Crippen LogP contribution in [-0.2, 0) is 6.42 Å². The second-order valence-corrected chi connectivity index (χ2v) is 5.80. The fourth-order valence-electron chi connectivity index (χ4n) is 2.44. The average Bonchev–Trinajstić information content (AvgIpc) is 2.53. The molecule has 1 unspecified atom stereocenters. The Balaban J connectivity index is 1.98. The van der Waals surface area contributed by atoms with Crippen LogP contribution in [0.4, 0.5) is 0 Å². The van der Waals surface area contributed by atoms with E-state index < -0.39 is 0 Å². The first-order valence-corrected chi connectivity index (χ1v) is 7.68. The van der Waals surface area contributed by atoms with Gasteiger partial charge < -0.3 is 5.32 Å². The summed E-state index contributed by atoms with van der Waals surface area (Å²) in [6.07, 6.45) is 4.53. The third-order valence-corrected chi connectivity index (χ3v) is 4.21. The van der Waals surface area contributed by atoms with Crippen LogP contribution in [0.25, 0.3) is 10.9 Å². The molecule has 0 aliphatic heterocycles. The van der Waals surface area contributed by atoms with Crippen LogP contribution >= 0.6 is 15.9 Å². The Morgan fingerprint density at radius 2 is 1.90 bits per heavy atom. The third kappa shape index (κ3) is 3.12. The van der Waals surface area contributed by atoms with Crippen LogP contribution < -0.4 is 5.32 Å². The van der Waals surface area contributed by atoms with Crippen molar-refractivity contribution < 1.29 is 0 Å². The van der Waals surface area contributed by atoms with Gasteiger partial charge in [-0.2, -0.15) is 0 Å². The molecule has 0 radical (unpaired) electrons. The van der Waals surface area contributed by atoms with E-state index in [0.29, 0.717) is 0 Å². The molecule has 0 saturated heterocycles. The second kappa shape index (κ2) is 6.33. The average molecular weight is 342 g/mol. The van der Waals surface area contributed by atoms with E-state index in [0.717, 1.165) is 27.5 Å². The van der Waals surface area contributed by atoms with Crippen LogP contribution in [0.1, 0.15) is 17.3 Å². The Bertz CT molecular complexity index is 743. The summed E-state index contributed by atoms with van der Waals surface area (Å²) in [5, 5.41) is 4.50. The molecule has 21 heavy (non-hydrogen) atoms. The van der Waals surface area contributed by atoms with Gasteiger partial charge in [0.1, 0.15) is 0 Å². The van der Waals surface area contributed by atoms with Crippen molar-refractivity contribution in [1.29, 1.82) is 0 Å². The Morgan fingerprint density at radius 1 is 1.14 bits per heavy atom. The zero-order valence-electron chi connectivity index (χ0n) is 11.8. The Labute approximate surface area is 132 Å². The van der Waals surface area contributed by atoms with E-state index in [-0.39, 0.29) is 6.04 Å². The number of hydrogen-bond donors (Lipinski definition) is 1. The topological polar surface area (TPSA) is 37.8 Å². The van der Waals surface area contributed by atoms with Crippen molar-refractivity contribution in [3.8, 4) is 0 Å². The molecule has 1 atom stereocenters. The highest BCUT2D eigenvalue weighted by molar-refractivity contribution is 9.10. The maximum atomic E-state index is 4.82. The van der Waals surface area contributed by atoms with Crippen molar-refractivity contribution in [2.45, 2.75) is 12.5 Å². The maximum absolute atomic E-state index is 4.82. The van der Waals surface area contributed by atoms with Gasteiger partial charge in [-0.05, 0) is 59.2 Å². The number of nitrogens with one attached hydrogen (secondary N) is 1. The van der Waals surface area contributed by atoms with E-state index in [2.05, 4.69) is 38.4 Å². The predicted octanol–water partition coefficient (Wildman–Crippen LogP) is 3.90. The van der Waals surface area contributed by atoms with Crippen molar-refractivity contribution in [3.63, 3.8) is 0 Å². The molecule has 3 aromatic rings. The molecule has 0 fully saturated rings. The van der Waals surface area contributed by atoms with Crippen LogP contribution in [0, 0.1) is 0 Å². The quantitative estimate of drug-likeness (QED) is 0.782. The van der Waals surface area contributed by atoms with E-state index in [4.69, 9.17) is 4.98 Å². The third-order valence-electron chi connectivity index (χ3n) is 3.57. The highest BCUT2D eigenvalue weighted by atomic mass is 79.9. The van der Waals surface area contributed by atoms with Gasteiger partial charge in [-0.15, -0.1) is 0 Å². The highest BCUT2D eigenvalue weighted by Crippen LogP contribution is 2.27. The first kappa shape index (κ1) is 14.2. The van der Waals surface area contributed by atoms with Crippen molar-refractivity contribution in [2.75, 3.05) is 7.05 Å². The number of likely N-dealkylation sites (N-methyl/N-ethyl adjacent to an activating group) is 1. The molecular formula is C17H16BrN3. The van der Waals surface area contributed by atoms with E-state index in [1.54, 1.807) is 0 Å². The summed E-state index contributed by atoms with van der Waals surface area (Å²) in [6.45, 7) is 0. The predicted molar refractivity (Wildman–Crippen MR) is 89.2 cm³/mol. The first-order chi connectivity index (χ1) is 10.3. The molecule has 0 aliphatic carbocycles. The summed E-state index contributed by atoms with van der Waals surface area (Å²) in [4.78, 5) is 8.88. The second-order valence-electron chi connectivity index (χ2n) is 4.95. The van der Waals surface area contributed by atoms with Gasteiger partial charge in [-0.3, -0.25) is 4.98 Å². The molecule has 4 heteroatoms. The number of para-hydroxylation sites is 1. The van der Waals surface area contributed by atoms with Gasteiger partial charge in [-0.1, -0.05) is 18.2 Å². The Kier molecular flexibility index (Phi) is 4.27. The molecule has 0 aliphatic rings. The molecule has 2 aromatic heterocycles. The molecule has 0 saturated carbocycles. The number of benzene rings is 1. The van der Waals surface area contributed by atoms with Crippen LogP contribution in [0.15, 0.2) is 59.3 Å². The smallest absolute Gasteiger partial charge is 0.0725 e.